The van der Waals surface area contributed by atoms with Gasteiger partial charge in [-0.3, -0.25) is 25.1 Å². The third-order valence-electron chi connectivity index (χ3n) is 10.4. The van der Waals surface area contributed by atoms with Crippen molar-refractivity contribution in [1.29, 1.82) is 5.41 Å². The van der Waals surface area contributed by atoms with E-state index < -0.39 is 65.8 Å². The second kappa shape index (κ2) is 13.7. The summed E-state index contributed by atoms with van der Waals surface area (Å²) in [6, 6.07) is 14.9. The number of nitrogens with one attached hydrogen (secondary N) is 3. The van der Waals surface area contributed by atoms with E-state index in [1.807, 2.05) is 6.07 Å². The second-order valence-corrected chi connectivity index (χ2v) is 13.5. The minimum absolute atomic E-state index is 0.0209. The number of aliphatic hydroxyl groups excluding tert-OH is 4. The fourth-order valence-corrected chi connectivity index (χ4v) is 7.88. The molecule has 4 heterocycles. The largest absolute Gasteiger partial charge is 0.504 e. The number of quaternary nitrogens is 1. The van der Waals surface area contributed by atoms with Crippen molar-refractivity contribution in [3.63, 3.8) is 0 Å². The number of phenols is 1. The highest BCUT2D eigenvalue weighted by Crippen LogP contribution is 2.50. The van der Waals surface area contributed by atoms with Gasteiger partial charge in [0.15, 0.2) is 29.7 Å². The maximum Gasteiger partial charge on any atom is 0.284 e. The zero-order valence-corrected chi connectivity index (χ0v) is 28.1. The molecule has 1 saturated heterocycles. The van der Waals surface area contributed by atoms with Crippen LogP contribution in [0.1, 0.15) is 61.7 Å². The molecule has 0 radical (unpaired) electrons. The Morgan fingerprint density at radius 3 is 2.42 bits per heavy atom. The second-order valence-electron chi connectivity index (χ2n) is 13.5. The number of fused-ring (bicyclic) bond motifs is 6. The van der Waals surface area contributed by atoms with Crippen molar-refractivity contribution >= 4 is 40.7 Å². The summed E-state index contributed by atoms with van der Waals surface area (Å²) >= 11 is 0. The molecule has 8 atom stereocenters. The van der Waals surface area contributed by atoms with Crippen LogP contribution in [-0.4, -0.2) is 118 Å². The summed E-state index contributed by atoms with van der Waals surface area (Å²) in [7, 11) is 0. The third kappa shape index (κ3) is 5.75. The van der Waals surface area contributed by atoms with Gasteiger partial charge in [0.1, 0.15) is 30.1 Å². The highest BCUT2D eigenvalue weighted by Gasteiger charge is 2.48. The lowest BCUT2D eigenvalue weighted by Crippen LogP contribution is -3.09. The normalized spacial score (nSPS) is 29.4. The molecule has 4 aliphatic heterocycles. The van der Waals surface area contributed by atoms with Gasteiger partial charge in [-0.25, -0.2) is 9.89 Å². The smallest absolute Gasteiger partial charge is 0.284 e. The highest BCUT2D eigenvalue weighted by molar-refractivity contribution is 6.68. The van der Waals surface area contributed by atoms with Crippen LogP contribution >= 0.6 is 0 Å². The summed E-state index contributed by atoms with van der Waals surface area (Å²) in [6.07, 6.45) is -7.31. The Hall–Kier alpha value is -5.20. The zero-order chi connectivity index (χ0) is 37.1. The Morgan fingerprint density at radius 1 is 0.906 bits per heavy atom. The first-order valence-corrected chi connectivity index (χ1v) is 17.2. The average molecular weight is 727 g/mol. The summed E-state index contributed by atoms with van der Waals surface area (Å²) < 4.78 is 18.4. The number of rotatable bonds is 5. The van der Waals surface area contributed by atoms with E-state index in [2.05, 4.69) is 15.3 Å². The van der Waals surface area contributed by atoms with Gasteiger partial charge in [0.05, 0.1) is 18.8 Å². The summed E-state index contributed by atoms with van der Waals surface area (Å²) in [4.78, 5) is 50.1. The lowest BCUT2D eigenvalue weighted by molar-refractivity contribution is -0.723. The number of aliphatic imine (C=N–C) groups is 2. The molecule has 1 fully saturated rings. The minimum atomic E-state index is -1.81. The number of carbonyl (C=O) groups excluding carboxylic acids is 3. The van der Waals surface area contributed by atoms with E-state index in [0.717, 1.165) is 0 Å². The Morgan fingerprint density at radius 2 is 1.64 bits per heavy atom. The van der Waals surface area contributed by atoms with Crippen LogP contribution in [0.3, 0.4) is 0 Å². The first kappa shape index (κ1) is 34.9. The summed E-state index contributed by atoms with van der Waals surface area (Å²) in [5.41, 5.74) is 1.26. The predicted octanol–water partition coefficient (Wildman–Crippen LogP) is -0.704. The SMILES string of the molecule is N=C1N=C2C(=NC[NH+]2c2ccccc2C2c3cc4c(c(O)c3OC3OC(COCC2CCCO)C(O)C(O)C3O)C(=O)c2ccccc2C4=O)C(=O)N1. The average Bonchev–Trinajstić information content (AvgIpc) is 3.57. The van der Waals surface area contributed by atoms with Crippen LogP contribution in [0.15, 0.2) is 64.6 Å². The number of para-hydroxylation sites is 1. The number of ether oxygens (including phenoxy) is 3. The number of ketones is 2. The fourth-order valence-electron chi connectivity index (χ4n) is 7.88. The predicted molar refractivity (Wildman–Crippen MR) is 184 cm³/mol. The Kier molecular flexibility index (Phi) is 8.98. The van der Waals surface area contributed by atoms with Crippen LogP contribution in [0, 0.1) is 11.3 Å². The van der Waals surface area contributed by atoms with Crippen molar-refractivity contribution in [1.82, 2.24) is 5.32 Å². The minimum Gasteiger partial charge on any atom is -0.504 e. The van der Waals surface area contributed by atoms with Gasteiger partial charge in [0, 0.05) is 40.3 Å². The van der Waals surface area contributed by atoms with Crippen molar-refractivity contribution in [2.45, 2.75) is 49.5 Å². The monoisotopic (exact) mass is 726 g/mol. The number of aromatic hydroxyl groups is 1. The molecular weight excluding hydrogens is 690 g/mol. The number of carbonyl (C=O) groups is 3. The van der Waals surface area contributed by atoms with Crippen molar-refractivity contribution in [3.05, 3.63) is 88.0 Å². The number of amides is 1. The van der Waals surface area contributed by atoms with Crippen LogP contribution < -0.4 is 15.0 Å². The van der Waals surface area contributed by atoms with E-state index in [0.29, 0.717) is 29.0 Å². The maximum atomic E-state index is 14.1. The maximum absolute atomic E-state index is 14.1. The number of benzene rings is 3. The topological polar surface area (TPSA) is 245 Å². The van der Waals surface area contributed by atoms with Gasteiger partial charge < -0.3 is 39.7 Å². The van der Waals surface area contributed by atoms with Crippen LogP contribution in [0.4, 0.5) is 5.69 Å². The van der Waals surface area contributed by atoms with Gasteiger partial charge >= 0.3 is 0 Å². The molecule has 53 heavy (non-hydrogen) atoms. The first-order chi connectivity index (χ1) is 25.6. The highest BCUT2D eigenvalue weighted by atomic mass is 16.7. The molecule has 3 aromatic carbocycles. The van der Waals surface area contributed by atoms with Crippen molar-refractivity contribution in [3.8, 4) is 11.5 Å². The molecule has 5 aliphatic rings. The van der Waals surface area contributed by atoms with Gasteiger partial charge in [-0.05, 0) is 30.9 Å². The number of guanidine groups is 1. The Balaban J connectivity index is 1.38. The van der Waals surface area contributed by atoms with Crippen LogP contribution in [0.5, 0.6) is 11.5 Å². The van der Waals surface area contributed by atoms with E-state index in [4.69, 9.17) is 19.6 Å². The number of hydrogen-bond donors (Lipinski definition) is 8. The molecule has 16 heteroatoms. The molecule has 0 spiro atoms. The lowest BCUT2D eigenvalue weighted by atomic mass is 9.74. The molecule has 2 bridgehead atoms. The van der Waals surface area contributed by atoms with E-state index >= 15 is 0 Å². The van der Waals surface area contributed by atoms with Gasteiger partial charge in [0.25, 0.3) is 11.7 Å². The number of amidine groups is 1. The standard InChI is InChI=1S/C37H35N5O11/c38-37-40-34-26(35(50)41-37)39-15-42(34)22-10-4-3-9-19(22)24-16(6-5-11-43)13-51-14-23-29(46)31(48)32(49)36(52-23)53-33-21(24)12-20-25(30(33)47)28(45)18-8-2-1-7-17(18)27(20)44/h1-4,7-10,12,16,23-24,29,31-32,36,43,46-49H,5-6,11,13-15H2,(H2,38,41,50)/p+1. The molecule has 8 N–H and O–H groups in total. The quantitative estimate of drug-likeness (QED) is 0.128. The zero-order valence-electron chi connectivity index (χ0n) is 28.1. The van der Waals surface area contributed by atoms with Crippen LogP contribution in [-0.2, 0) is 14.3 Å². The molecule has 274 valence electrons. The molecule has 8 unspecified atom stereocenters. The van der Waals surface area contributed by atoms with Gasteiger partial charge in [0.2, 0.25) is 18.0 Å². The van der Waals surface area contributed by atoms with Gasteiger partial charge in [-0.15, -0.1) is 0 Å². The van der Waals surface area contributed by atoms with E-state index in [1.54, 1.807) is 30.3 Å². The summed E-state index contributed by atoms with van der Waals surface area (Å²) in [5.74, 6) is -4.24. The van der Waals surface area contributed by atoms with Gasteiger partial charge in [-0.1, -0.05) is 42.5 Å². The number of phenolic OH excluding ortho intramolecular Hbond substituents is 1. The lowest BCUT2D eigenvalue weighted by Gasteiger charge is -2.40. The van der Waals surface area contributed by atoms with E-state index in [-0.39, 0.29) is 77.6 Å². The molecule has 0 saturated carbocycles. The first-order valence-electron chi connectivity index (χ1n) is 17.2. The van der Waals surface area contributed by atoms with Crippen LogP contribution in [0.25, 0.3) is 0 Å². The van der Waals surface area contributed by atoms with Crippen molar-refractivity contribution in [2.24, 2.45) is 15.9 Å². The molecule has 8 rings (SSSR count). The third-order valence-corrected chi connectivity index (χ3v) is 10.4. The molecule has 0 aromatic heterocycles. The number of aliphatic hydroxyl groups is 4. The fraction of sp³-hybridized carbons (Fsp3) is 0.351. The number of hydrogen-bond acceptors (Lipinski definition) is 13. The summed E-state index contributed by atoms with van der Waals surface area (Å²) in [5, 5.41) is 65.3. The van der Waals surface area contributed by atoms with Crippen molar-refractivity contribution in [2.75, 3.05) is 26.5 Å². The summed E-state index contributed by atoms with van der Waals surface area (Å²) in [6.45, 7) is -0.380. The Bertz CT molecular complexity index is 2120. The van der Waals surface area contributed by atoms with E-state index in [1.165, 1.54) is 18.2 Å². The van der Waals surface area contributed by atoms with Crippen LogP contribution in [0.2, 0.25) is 0 Å². The van der Waals surface area contributed by atoms with E-state index in [9.17, 15) is 39.9 Å². The molecular formula is C37H36N5O11+. The Labute approximate surface area is 301 Å². The number of nitrogens with zero attached hydrogens (tertiary/aromatic N) is 2. The van der Waals surface area contributed by atoms with Gasteiger partial charge in [-0.2, -0.15) is 4.99 Å². The molecule has 16 nitrogen and oxygen atoms in total. The molecule has 1 amide bonds. The molecule has 3 aromatic rings. The molecule has 1 aliphatic carbocycles. The van der Waals surface area contributed by atoms with Crippen molar-refractivity contribution < 1.29 is 59.0 Å².